The Morgan fingerprint density at radius 2 is 2.12 bits per heavy atom. The van der Waals surface area contributed by atoms with Gasteiger partial charge in [-0.3, -0.25) is 9.59 Å². The van der Waals surface area contributed by atoms with Gasteiger partial charge in [-0.25, -0.2) is 0 Å². The fourth-order valence-corrected chi connectivity index (χ4v) is 3.00. The van der Waals surface area contributed by atoms with E-state index >= 15 is 0 Å². The van der Waals surface area contributed by atoms with Crippen molar-refractivity contribution in [3.05, 3.63) is 29.3 Å². The maximum absolute atomic E-state index is 12.4. The number of nitrogens with one attached hydrogen (secondary N) is 1. The number of nitrogens with zero attached hydrogens (tertiary/aromatic N) is 1. The zero-order valence-corrected chi connectivity index (χ0v) is 14.8. The Labute approximate surface area is 144 Å². The van der Waals surface area contributed by atoms with Crippen molar-refractivity contribution in [2.45, 2.75) is 52.6 Å². The predicted octanol–water partition coefficient (Wildman–Crippen LogP) is 2.32. The maximum Gasteiger partial charge on any atom is 0.227 e. The van der Waals surface area contributed by atoms with Gasteiger partial charge < -0.3 is 15.3 Å². The number of aliphatic hydroxyl groups excluding tert-OH is 1. The van der Waals surface area contributed by atoms with Crippen LogP contribution in [0.5, 0.6) is 0 Å². The minimum absolute atomic E-state index is 0.0633. The van der Waals surface area contributed by atoms with Crippen molar-refractivity contribution in [1.29, 1.82) is 0 Å². The molecule has 0 aliphatic carbocycles. The van der Waals surface area contributed by atoms with Gasteiger partial charge in [0.2, 0.25) is 11.8 Å². The second-order valence-corrected chi connectivity index (χ2v) is 6.70. The molecule has 132 valence electrons. The van der Waals surface area contributed by atoms with Crippen molar-refractivity contribution in [3.63, 3.8) is 0 Å². The van der Waals surface area contributed by atoms with Crippen LogP contribution in [0.1, 0.15) is 43.7 Å². The lowest BCUT2D eigenvalue weighted by molar-refractivity contribution is -0.127. The molecule has 0 radical (unpaired) electrons. The van der Waals surface area contributed by atoms with Crippen LogP contribution in [0.15, 0.2) is 18.2 Å². The molecule has 0 bridgehead atoms. The molecular formula is C19H28N2O3. The van der Waals surface area contributed by atoms with Crippen LogP contribution in [0.4, 0.5) is 5.69 Å². The standard InChI is InChI=1S/C19H28N2O3/c1-4-5-17(22)11-20-19(24)15-7-9-18(23)21(12-15)16-8-6-13(2)14(3)10-16/h6,8,10,15,17,22H,4-5,7,9,11-12H2,1-3H3,(H,20,24). The Morgan fingerprint density at radius 1 is 1.38 bits per heavy atom. The highest BCUT2D eigenvalue weighted by Gasteiger charge is 2.31. The lowest BCUT2D eigenvalue weighted by Crippen LogP contribution is -2.47. The van der Waals surface area contributed by atoms with E-state index in [1.165, 1.54) is 5.56 Å². The Bertz CT molecular complexity index is 600. The van der Waals surface area contributed by atoms with E-state index in [-0.39, 0.29) is 24.3 Å². The molecule has 5 nitrogen and oxygen atoms in total. The van der Waals surface area contributed by atoms with Crippen molar-refractivity contribution in [2.75, 3.05) is 18.0 Å². The first kappa shape index (κ1) is 18.5. The van der Waals surface area contributed by atoms with Crippen LogP contribution in [0.2, 0.25) is 0 Å². The third-order valence-corrected chi connectivity index (χ3v) is 4.72. The Hall–Kier alpha value is -1.88. The van der Waals surface area contributed by atoms with E-state index in [1.54, 1.807) is 4.90 Å². The van der Waals surface area contributed by atoms with E-state index in [0.717, 1.165) is 17.7 Å². The highest BCUT2D eigenvalue weighted by atomic mass is 16.3. The Balaban J connectivity index is 2.00. The summed E-state index contributed by atoms with van der Waals surface area (Å²) in [6.45, 7) is 6.73. The molecule has 1 heterocycles. The average Bonchev–Trinajstić information content (AvgIpc) is 2.56. The molecule has 0 spiro atoms. The van der Waals surface area contributed by atoms with Crippen LogP contribution in [0, 0.1) is 19.8 Å². The average molecular weight is 332 g/mol. The maximum atomic E-state index is 12.4. The van der Waals surface area contributed by atoms with Crippen LogP contribution in [-0.4, -0.2) is 36.1 Å². The molecule has 2 atom stereocenters. The van der Waals surface area contributed by atoms with Crippen molar-refractivity contribution in [2.24, 2.45) is 5.92 Å². The largest absolute Gasteiger partial charge is 0.391 e. The summed E-state index contributed by atoms with van der Waals surface area (Å²) in [4.78, 5) is 26.3. The van der Waals surface area contributed by atoms with Gasteiger partial charge in [-0.2, -0.15) is 0 Å². The fourth-order valence-electron chi connectivity index (χ4n) is 3.00. The normalized spacial score (nSPS) is 19.2. The van der Waals surface area contributed by atoms with Gasteiger partial charge in [0.1, 0.15) is 0 Å². The van der Waals surface area contributed by atoms with Crippen molar-refractivity contribution < 1.29 is 14.7 Å². The van der Waals surface area contributed by atoms with Gasteiger partial charge in [-0.05, 0) is 49.9 Å². The number of aryl methyl sites for hydroxylation is 2. The van der Waals surface area contributed by atoms with E-state index < -0.39 is 6.10 Å². The number of benzene rings is 1. The van der Waals surface area contributed by atoms with Gasteiger partial charge in [-0.1, -0.05) is 19.4 Å². The Morgan fingerprint density at radius 3 is 2.79 bits per heavy atom. The minimum Gasteiger partial charge on any atom is -0.391 e. The first-order valence-electron chi connectivity index (χ1n) is 8.75. The van der Waals surface area contributed by atoms with E-state index in [0.29, 0.717) is 25.8 Å². The third-order valence-electron chi connectivity index (χ3n) is 4.72. The molecule has 1 saturated heterocycles. The van der Waals surface area contributed by atoms with Gasteiger partial charge in [0.25, 0.3) is 0 Å². The Kier molecular flexibility index (Phi) is 6.37. The molecule has 2 N–H and O–H groups in total. The van der Waals surface area contributed by atoms with Crippen molar-refractivity contribution in [3.8, 4) is 0 Å². The van der Waals surface area contributed by atoms with Gasteiger partial charge in [-0.15, -0.1) is 0 Å². The molecule has 24 heavy (non-hydrogen) atoms. The molecule has 2 unspecified atom stereocenters. The lowest BCUT2D eigenvalue weighted by atomic mass is 9.95. The summed E-state index contributed by atoms with van der Waals surface area (Å²) in [5, 5.41) is 12.6. The predicted molar refractivity (Wildman–Crippen MR) is 94.9 cm³/mol. The second kappa shape index (κ2) is 8.29. The SMILES string of the molecule is CCCC(O)CNC(=O)C1CCC(=O)N(c2ccc(C)c(C)c2)C1. The topological polar surface area (TPSA) is 69.6 Å². The van der Waals surface area contributed by atoms with E-state index in [1.807, 2.05) is 39.0 Å². The van der Waals surface area contributed by atoms with Crippen molar-refractivity contribution >= 4 is 17.5 Å². The first-order chi connectivity index (χ1) is 11.4. The molecule has 1 aromatic rings. The summed E-state index contributed by atoms with van der Waals surface area (Å²) < 4.78 is 0. The molecule has 0 aromatic heterocycles. The number of anilines is 1. The second-order valence-electron chi connectivity index (χ2n) is 6.70. The fraction of sp³-hybridized carbons (Fsp3) is 0.579. The van der Waals surface area contributed by atoms with E-state index in [9.17, 15) is 14.7 Å². The van der Waals surface area contributed by atoms with Gasteiger partial charge in [0, 0.05) is 25.2 Å². The summed E-state index contributed by atoms with van der Waals surface area (Å²) in [7, 11) is 0. The summed E-state index contributed by atoms with van der Waals surface area (Å²) >= 11 is 0. The van der Waals surface area contributed by atoms with Crippen LogP contribution in [-0.2, 0) is 9.59 Å². The highest BCUT2D eigenvalue weighted by Crippen LogP contribution is 2.26. The zero-order chi connectivity index (χ0) is 17.7. The van der Waals surface area contributed by atoms with Crippen molar-refractivity contribution in [1.82, 2.24) is 5.32 Å². The molecule has 1 fully saturated rings. The molecular weight excluding hydrogens is 304 g/mol. The molecule has 2 amide bonds. The van der Waals surface area contributed by atoms with Crippen LogP contribution in [0.3, 0.4) is 0 Å². The number of amides is 2. The number of aliphatic hydroxyl groups is 1. The smallest absolute Gasteiger partial charge is 0.227 e. The summed E-state index contributed by atoms with van der Waals surface area (Å²) in [6.07, 6.45) is 2.01. The summed E-state index contributed by atoms with van der Waals surface area (Å²) in [5.74, 6) is -0.238. The van der Waals surface area contributed by atoms with E-state index in [4.69, 9.17) is 0 Å². The third kappa shape index (κ3) is 4.57. The number of hydrogen-bond donors (Lipinski definition) is 2. The summed E-state index contributed by atoms with van der Waals surface area (Å²) in [5.41, 5.74) is 3.17. The van der Waals surface area contributed by atoms with Crippen LogP contribution < -0.4 is 10.2 Å². The first-order valence-corrected chi connectivity index (χ1v) is 8.75. The number of piperidine rings is 1. The quantitative estimate of drug-likeness (QED) is 0.840. The van der Waals surface area contributed by atoms with Crippen LogP contribution in [0.25, 0.3) is 0 Å². The number of carbonyl (C=O) groups is 2. The number of rotatable bonds is 6. The number of carbonyl (C=O) groups excluding carboxylic acids is 2. The minimum atomic E-state index is -0.500. The molecule has 1 aliphatic rings. The molecule has 0 saturated carbocycles. The van der Waals surface area contributed by atoms with Crippen LogP contribution >= 0.6 is 0 Å². The highest BCUT2D eigenvalue weighted by molar-refractivity contribution is 5.96. The van der Waals surface area contributed by atoms with Gasteiger partial charge >= 0.3 is 0 Å². The molecule has 2 rings (SSSR count). The monoisotopic (exact) mass is 332 g/mol. The lowest BCUT2D eigenvalue weighted by Gasteiger charge is -2.32. The summed E-state index contributed by atoms with van der Waals surface area (Å²) in [6, 6.07) is 5.94. The van der Waals surface area contributed by atoms with Gasteiger partial charge in [0.15, 0.2) is 0 Å². The van der Waals surface area contributed by atoms with Gasteiger partial charge in [0.05, 0.1) is 12.0 Å². The molecule has 1 aliphatic heterocycles. The zero-order valence-electron chi connectivity index (χ0n) is 14.8. The van der Waals surface area contributed by atoms with E-state index in [2.05, 4.69) is 5.32 Å². The number of hydrogen-bond acceptors (Lipinski definition) is 3. The molecule has 5 heteroatoms. The molecule has 1 aromatic carbocycles.